The van der Waals surface area contributed by atoms with Crippen molar-refractivity contribution in [2.75, 3.05) is 40.3 Å². The first-order valence-corrected chi connectivity index (χ1v) is 8.87. The van der Waals surface area contributed by atoms with E-state index >= 15 is 0 Å². The van der Waals surface area contributed by atoms with E-state index in [2.05, 4.69) is 10.2 Å². The van der Waals surface area contributed by atoms with Gasteiger partial charge in [0.1, 0.15) is 0 Å². The SMILES string of the molecule is C[C@@H](NCC1CCN(C[C@H](O)c2ccccc2)CC1)C(=O)N(C)C. The van der Waals surface area contributed by atoms with Gasteiger partial charge in [-0.25, -0.2) is 0 Å². The molecule has 2 rings (SSSR count). The normalized spacial score (nSPS) is 19.0. The van der Waals surface area contributed by atoms with Crippen LogP contribution in [-0.2, 0) is 4.79 Å². The lowest BCUT2D eigenvalue weighted by molar-refractivity contribution is -0.130. The highest BCUT2D eigenvalue weighted by atomic mass is 16.3. The van der Waals surface area contributed by atoms with E-state index in [1.54, 1.807) is 19.0 Å². The van der Waals surface area contributed by atoms with Crippen LogP contribution in [0.1, 0.15) is 31.4 Å². The molecule has 2 N–H and O–H groups in total. The number of benzene rings is 1. The Morgan fingerprint density at radius 1 is 1.29 bits per heavy atom. The zero-order valence-corrected chi connectivity index (χ0v) is 15.1. The Hall–Kier alpha value is -1.43. The number of carbonyl (C=O) groups is 1. The number of nitrogens with zero attached hydrogens (tertiary/aromatic N) is 2. The fraction of sp³-hybridized carbons (Fsp3) is 0.632. The van der Waals surface area contributed by atoms with Gasteiger partial charge in [0.2, 0.25) is 5.91 Å². The quantitative estimate of drug-likeness (QED) is 0.794. The molecule has 0 saturated carbocycles. The first kappa shape index (κ1) is 18.9. The number of nitrogens with one attached hydrogen (secondary N) is 1. The van der Waals surface area contributed by atoms with Crippen LogP contribution in [0.5, 0.6) is 0 Å². The van der Waals surface area contributed by atoms with Gasteiger partial charge in [0, 0.05) is 20.6 Å². The average molecular weight is 333 g/mol. The molecule has 1 aromatic carbocycles. The Kier molecular flexibility index (Phi) is 7.21. The maximum Gasteiger partial charge on any atom is 0.238 e. The number of aliphatic hydroxyl groups excluding tert-OH is 1. The van der Waals surface area contributed by atoms with Crippen molar-refractivity contribution in [2.45, 2.75) is 31.9 Å². The van der Waals surface area contributed by atoms with Crippen LogP contribution in [0, 0.1) is 5.92 Å². The predicted octanol–water partition coefficient (Wildman–Crippen LogP) is 1.50. The third-order valence-corrected chi connectivity index (χ3v) is 4.85. The molecule has 0 aliphatic carbocycles. The maximum absolute atomic E-state index is 11.9. The number of rotatable bonds is 7. The summed E-state index contributed by atoms with van der Waals surface area (Å²) in [7, 11) is 3.58. The number of aliphatic hydroxyl groups is 1. The summed E-state index contributed by atoms with van der Waals surface area (Å²) in [5, 5.41) is 13.7. The molecular formula is C19H31N3O2. The molecule has 0 aromatic heterocycles. The zero-order valence-electron chi connectivity index (χ0n) is 15.1. The largest absolute Gasteiger partial charge is 0.387 e. The van der Waals surface area contributed by atoms with E-state index in [1.165, 1.54) is 0 Å². The monoisotopic (exact) mass is 333 g/mol. The number of amides is 1. The van der Waals surface area contributed by atoms with Crippen LogP contribution in [0.4, 0.5) is 0 Å². The van der Waals surface area contributed by atoms with Crippen molar-refractivity contribution in [3.8, 4) is 0 Å². The minimum atomic E-state index is -0.418. The molecule has 0 radical (unpaired) electrons. The van der Waals surface area contributed by atoms with Crippen LogP contribution >= 0.6 is 0 Å². The molecule has 24 heavy (non-hydrogen) atoms. The number of likely N-dealkylation sites (tertiary alicyclic amines) is 1. The highest BCUT2D eigenvalue weighted by Crippen LogP contribution is 2.20. The standard InChI is InChI=1S/C19H31N3O2/c1-15(19(24)21(2)3)20-13-16-9-11-22(12-10-16)14-18(23)17-7-5-4-6-8-17/h4-8,15-16,18,20,23H,9-14H2,1-3H3/t15-,18+/m1/s1. The van der Waals surface area contributed by atoms with Crippen LogP contribution in [0.25, 0.3) is 0 Å². The van der Waals surface area contributed by atoms with E-state index < -0.39 is 6.10 Å². The maximum atomic E-state index is 11.9. The molecule has 134 valence electrons. The molecule has 1 aromatic rings. The summed E-state index contributed by atoms with van der Waals surface area (Å²) >= 11 is 0. The fourth-order valence-corrected chi connectivity index (χ4v) is 3.22. The van der Waals surface area contributed by atoms with Gasteiger partial charge in [-0.1, -0.05) is 30.3 Å². The number of carbonyl (C=O) groups excluding carboxylic acids is 1. The lowest BCUT2D eigenvalue weighted by atomic mass is 9.96. The highest BCUT2D eigenvalue weighted by molar-refractivity contribution is 5.80. The van der Waals surface area contributed by atoms with Crippen molar-refractivity contribution < 1.29 is 9.90 Å². The van der Waals surface area contributed by atoms with Gasteiger partial charge in [-0.05, 0) is 50.9 Å². The molecule has 1 fully saturated rings. The second-order valence-electron chi connectivity index (χ2n) is 7.03. The van der Waals surface area contributed by atoms with Crippen LogP contribution in [0.3, 0.4) is 0 Å². The average Bonchev–Trinajstić information content (AvgIpc) is 2.60. The van der Waals surface area contributed by atoms with Gasteiger partial charge in [0.25, 0.3) is 0 Å². The predicted molar refractivity (Wildman–Crippen MR) is 96.7 cm³/mol. The summed E-state index contributed by atoms with van der Waals surface area (Å²) in [6.07, 6.45) is 1.80. The summed E-state index contributed by atoms with van der Waals surface area (Å²) < 4.78 is 0. The van der Waals surface area contributed by atoms with Gasteiger partial charge in [-0.3, -0.25) is 4.79 Å². The smallest absolute Gasteiger partial charge is 0.238 e. The van der Waals surface area contributed by atoms with Crippen LogP contribution in [0.15, 0.2) is 30.3 Å². The van der Waals surface area contributed by atoms with E-state index in [0.717, 1.165) is 38.0 Å². The van der Waals surface area contributed by atoms with Crippen molar-refractivity contribution >= 4 is 5.91 Å². The second kappa shape index (κ2) is 9.16. The van der Waals surface area contributed by atoms with Crippen LogP contribution < -0.4 is 5.32 Å². The van der Waals surface area contributed by atoms with Gasteiger partial charge in [0.15, 0.2) is 0 Å². The third kappa shape index (κ3) is 5.58. The first-order chi connectivity index (χ1) is 11.5. The minimum Gasteiger partial charge on any atom is -0.387 e. The van der Waals surface area contributed by atoms with Crippen molar-refractivity contribution in [1.29, 1.82) is 0 Å². The van der Waals surface area contributed by atoms with Gasteiger partial charge in [-0.15, -0.1) is 0 Å². The number of β-amino-alcohol motifs (C(OH)–C–C–N with tert-alkyl or cyclic N) is 1. The van der Waals surface area contributed by atoms with E-state index in [0.29, 0.717) is 12.5 Å². The van der Waals surface area contributed by atoms with Crippen LogP contribution in [0.2, 0.25) is 0 Å². The molecule has 5 nitrogen and oxygen atoms in total. The van der Waals surface area contributed by atoms with Gasteiger partial charge >= 0.3 is 0 Å². The van der Waals surface area contributed by atoms with E-state index in [1.807, 2.05) is 37.3 Å². The van der Waals surface area contributed by atoms with Crippen molar-refractivity contribution in [3.63, 3.8) is 0 Å². The zero-order chi connectivity index (χ0) is 17.5. The molecule has 0 spiro atoms. The Bertz CT molecular complexity index is 499. The molecule has 1 aliphatic rings. The summed E-state index contributed by atoms with van der Waals surface area (Å²) in [6.45, 7) is 5.52. The molecule has 1 heterocycles. The number of hydrogen-bond donors (Lipinski definition) is 2. The van der Waals surface area contributed by atoms with E-state index in [-0.39, 0.29) is 11.9 Å². The molecule has 0 unspecified atom stereocenters. The van der Waals surface area contributed by atoms with Crippen molar-refractivity contribution in [1.82, 2.24) is 15.1 Å². The van der Waals surface area contributed by atoms with Gasteiger partial charge in [0.05, 0.1) is 12.1 Å². The highest BCUT2D eigenvalue weighted by Gasteiger charge is 2.23. The minimum absolute atomic E-state index is 0.124. The topological polar surface area (TPSA) is 55.8 Å². The third-order valence-electron chi connectivity index (χ3n) is 4.85. The Labute approximate surface area is 145 Å². The molecule has 1 saturated heterocycles. The number of likely N-dealkylation sites (N-methyl/N-ethyl adjacent to an activating group) is 1. The summed E-state index contributed by atoms with van der Waals surface area (Å²) in [5.74, 6) is 0.728. The lowest BCUT2D eigenvalue weighted by Crippen LogP contribution is -2.45. The van der Waals surface area contributed by atoms with Gasteiger partial charge in [-0.2, -0.15) is 0 Å². The Balaban J connectivity index is 1.69. The Morgan fingerprint density at radius 3 is 2.50 bits per heavy atom. The van der Waals surface area contributed by atoms with Crippen molar-refractivity contribution in [2.24, 2.45) is 5.92 Å². The summed E-state index contributed by atoms with van der Waals surface area (Å²) in [5.41, 5.74) is 0.984. The lowest BCUT2D eigenvalue weighted by Gasteiger charge is -2.33. The Morgan fingerprint density at radius 2 is 1.92 bits per heavy atom. The molecule has 2 atom stereocenters. The second-order valence-corrected chi connectivity index (χ2v) is 7.03. The molecule has 5 heteroatoms. The summed E-state index contributed by atoms with van der Waals surface area (Å²) in [4.78, 5) is 15.8. The molecule has 1 aliphatic heterocycles. The first-order valence-electron chi connectivity index (χ1n) is 8.87. The fourth-order valence-electron chi connectivity index (χ4n) is 3.22. The van der Waals surface area contributed by atoms with Crippen LogP contribution in [-0.4, -0.2) is 67.1 Å². The van der Waals surface area contributed by atoms with E-state index in [9.17, 15) is 9.90 Å². The molecule has 0 bridgehead atoms. The van der Waals surface area contributed by atoms with Crippen molar-refractivity contribution in [3.05, 3.63) is 35.9 Å². The van der Waals surface area contributed by atoms with Gasteiger partial charge < -0.3 is 20.2 Å². The molecular weight excluding hydrogens is 302 g/mol. The number of piperidine rings is 1. The summed E-state index contributed by atoms with van der Waals surface area (Å²) in [6, 6.07) is 9.73. The van der Waals surface area contributed by atoms with E-state index in [4.69, 9.17) is 0 Å². The molecule has 1 amide bonds. The number of hydrogen-bond acceptors (Lipinski definition) is 4.